The summed E-state index contributed by atoms with van der Waals surface area (Å²) in [6.07, 6.45) is 0. The van der Waals surface area contributed by atoms with E-state index in [2.05, 4.69) is 15.5 Å². The summed E-state index contributed by atoms with van der Waals surface area (Å²) < 4.78 is 11.2. The molecule has 0 saturated carbocycles. The maximum atomic E-state index is 12.2. The number of amides is 1. The van der Waals surface area contributed by atoms with E-state index in [1.165, 1.54) is 0 Å². The van der Waals surface area contributed by atoms with Gasteiger partial charge in [0, 0.05) is 25.3 Å². The van der Waals surface area contributed by atoms with Crippen LogP contribution < -0.4 is 15.0 Å². The van der Waals surface area contributed by atoms with Crippen LogP contribution in [0.2, 0.25) is 0 Å². The fraction of sp³-hybridized carbons (Fsp3) is 0.250. The molecule has 7 heteroatoms. The first-order valence-corrected chi connectivity index (χ1v) is 8.54. The monoisotopic (exact) mass is 366 g/mol. The van der Waals surface area contributed by atoms with Gasteiger partial charge in [-0.05, 0) is 49.2 Å². The molecule has 0 unspecified atom stereocenters. The molecule has 0 atom stereocenters. The van der Waals surface area contributed by atoms with Crippen molar-refractivity contribution in [2.24, 2.45) is 0 Å². The molecule has 0 saturated heterocycles. The normalized spacial score (nSPS) is 10.5. The van der Waals surface area contributed by atoms with Crippen LogP contribution in [-0.2, 0) is 4.79 Å². The maximum Gasteiger partial charge on any atom is 0.317 e. The van der Waals surface area contributed by atoms with Crippen molar-refractivity contribution in [3.8, 4) is 17.2 Å². The topological polar surface area (TPSA) is 80.5 Å². The lowest BCUT2D eigenvalue weighted by Gasteiger charge is -2.12. The van der Waals surface area contributed by atoms with E-state index in [0.717, 1.165) is 22.4 Å². The van der Waals surface area contributed by atoms with Gasteiger partial charge in [-0.2, -0.15) is 0 Å². The molecule has 3 rings (SSSR count). The average molecular weight is 366 g/mol. The van der Waals surface area contributed by atoms with Gasteiger partial charge in [0.15, 0.2) is 6.61 Å². The molecule has 1 heterocycles. The second kappa shape index (κ2) is 7.90. The smallest absolute Gasteiger partial charge is 0.317 e. The Morgan fingerprint density at radius 3 is 2.33 bits per heavy atom. The first-order chi connectivity index (χ1) is 12.9. The van der Waals surface area contributed by atoms with E-state index in [-0.39, 0.29) is 12.5 Å². The second-order valence-corrected chi connectivity index (χ2v) is 6.42. The lowest BCUT2D eigenvalue weighted by molar-refractivity contribution is -0.118. The number of nitrogens with one attached hydrogen (secondary N) is 1. The largest absolute Gasteiger partial charge is 0.483 e. The fourth-order valence-electron chi connectivity index (χ4n) is 2.57. The molecule has 3 aromatic rings. The van der Waals surface area contributed by atoms with Crippen molar-refractivity contribution in [1.82, 2.24) is 10.2 Å². The number of nitrogens with zero attached hydrogens (tertiary/aromatic N) is 3. The number of hydrogen-bond donors (Lipinski definition) is 1. The van der Waals surface area contributed by atoms with Crippen LogP contribution in [0.15, 0.2) is 46.9 Å². The van der Waals surface area contributed by atoms with E-state index in [1.54, 1.807) is 17.0 Å². The predicted molar refractivity (Wildman–Crippen MR) is 104 cm³/mol. The van der Waals surface area contributed by atoms with E-state index in [9.17, 15) is 4.79 Å². The number of anilines is 2. The number of ether oxygens (including phenoxy) is 1. The molecular formula is C20H22N4O3. The Kier molecular flexibility index (Phi) is 5.40. The zero-order valence-corrected chi connectivity index (χ0v) is 15.8. The van der Waals surface area contributed by atoms with Crippen LogP contribution in [0.1, 0.15) is 11.1 Å². The molecule has 0 aliphatic carbocycles. The Bertz CT molecular complexity index is 912. The number of carbonyl (C=O) groups is 1. The molecule has 0 aliphatic rings. The molecule has 7 nitrogen and oxygen atoms in total. The predicted octanol–water partition coefficient (Wildman–Crippen LogP) is 3.44. The number of benzene rings is 2. The summed E-state index contributed by atoms with van der Waals surface area (Å²) in [6, 6.07) is 13.5. The van der Waals surface area contributed by atoms with Crippen LogP contribution in [0.5, 0.6) is 5.75 Å². The van der Waals surface area contributed by atoms with Gasteiger partial charge in [0.25, 0.3) is 5.91 Å². The SMILES string of the molecule is Cc1cccc(C)c1OCC(=O)Nc1ccc(-c2nnc(N(C)C)o2)cc1. The highest BCUT2D eigenvalue weighted by atomic mass is 16.5. The summed E-state index contributed by atoms with van der Waals surface area (Å²) in [6.45, 7) is 3.86. The van der Waals surface area contributed by atoms with Crippen LogP contribution in [0.3, 0.4) is 0 Å². The Labute approximate surface area is 158 Å². The Hall–Kier alpha value is -3.35. The van der Waals surface area contributed by atoms with Crippen LogP contribution in [0.4, 0.5) is 11.7 Å². The summed E-state index contributed by atoms with van der Waals surface area (Å²) in [7, 11) is 3.66. The fourth-order valence-corrected chi connectivity index (χ4v) is 2.57. The summed E-state index contributed by atoms with van der Waals surface area (Å²) in [4.78, 5) is 13.9. The highest BCUT2D eigenvalue weighted by Gasteiger charge is 2.11. The molecule has 140 valence electrons. The molecular weight excluding hydrogens is 344 g/mol. The molecule has 27 heavy (non-hydrogen) atoms. The maximum absolute atomic E-state index is 12.2. The van der Waals surface area contributed by atoms with Crippen molar-refractivity contribution in [3.63, 3.8) is 0 Å². The van der Waals surface area contributed by atoms with Crippen LogP contribution in [0, 0.1) is 13.8 Å². The minimum absolute atomic E-state index is 0.0523. The van der Waals surface area contributed by atoms with E-state index < -0.39 is 0 Å². The minimum atomic E-state index is -0.224. The molecule has 1 N–H and O–H groups in total. The summed E-state index contributed by atoms with van der Waals surface area (Å²) in [5, 5.41) is 10.8. The summed E-state index contributed by atoms with van der Waals surface area (Å²) >= 11 is 0. The van der Waals surface area contributed by atoms with Gasteiger partial charge in [0.2, 0.25) is 5.89 Å². The van der Waals surface area contributed by atoms with Gasteiger partial charge >= 0.3 is 6.01 Å². The van der Waals surface area contributed by atoms with Gasteiger partial charge < -0.3 is 19.4 Å². The standard InChI is InChI=1S/C20H22N4O3/c1-13-6-5-7-14(2)18(13)26-12-17(25)21-16-10-8-15(9-11-16)19-22-23-20(27-19)24(3)4/h5-11H,12H2,1-4H3,(H,21,25). The van der Waals surface area contributed by atoms with Gasteiger partial charge in [0.05, 0.1) is 0 Å². The molecule has 2 aromatic carbocycles. The second-order valence-electron chi connectivity index (χ2n) is 6.42. The van der Waals surface area contributed by atoms with Gasteiger partial charge in [-0.1, -0.05) is 23.3 Å². The van der Waals surface area contributed by atoms with Crippen LogP contribution >= 0.6 is 0 Å². The van der Waals surface area contributed by atoms with Crippen molar-refractivity contribution in [1.29, 1.82) is 0 Å². The lowest BCUT2D eigenvalue weighted by Crippen LogP contribution is -2.20. The molecule has 1 amide bonds. The third kappa shape index (κ3) is 4.44. The number of aryl methyl sites for hydroxylation is 2. The first-order valence-electron chi connectivity index (χ1n) is 8.54. The van der Waals surface area contributed by atoms with E-state index in [4.69, 9.17) is 9.15 Å². The van der Waals surface area contributed by atoms with Crippen LogP contribution in [-0.4, -0.2) is 36.8 Å². The number of aromatic nitrogens is 2. The summed E-state index contributed by atoms with van der Waals surface area (Å²) in [5.41, 5.74) is 3.45. The molecule has 1 aromatic heterocycles. The zero-order chi connectivity index (χ0) is 19.4. The van der Waals surface area contributed by atoms with Gasteiger partial charge in [-0.3, -0.25) is 4.79 Å². The van der Waals surface area contributed by atoms with Crippen molar-refractivity contribution in [2.75, 3.05) is 30.9 Å². The van der Waals surface area contributed by atoms with Gasteiger partial charge in [-0.25, -0.2) is 0 Å². The van der Waals surface area contributed by atoms with Crippen molar-refractivity contribution < 1.29 is 13.9 Å². The zero-order valence-electron chi connectivity index (χ0n) is 15.8. The molecule has 0 aliphatic heterocycles. The molecule has 0 fully saturated rings. The lowest BCUT2D eigenvalue weighted by atomic mass is 10.1. The van der Waals surface area contributed by atoms with Crippen molar-refractivity contribution in [3.05, 3.63) is 53.6 Å². The summed E-state index contributed by atoms with van der Waals surface area (Å²) in [5.74, 6) is 0.948. The number of carbonyl (C=O) groups excluding carboxylic acids is 1. The van der Waals surface area contributed by atoms with Crippen molar-refractivity contribution in [2.45, 2.75) is 13.8 Å². The molecule has 0 bridgehead atoms. The Balaban J connectivity index is 1.60. The molecule has 0 spiro atoms. The molecule has 0 radical (unpaired) electrons. The van der Waals surface area contributed by atoms with E-state index in [0.29, 0.717) is 17.6 Å². The highest BCUT2D eigenvalue weighted by molar-refractivity contribution is 5.92. The average Bonchev–Trinajstić information content (AvgIpc) is 3.12. The van der Waals surface area contributed by atoms with Crippen LogP contribution in [0.25, 0.3) is 11.5 Å². The third-order valence-corrected chi connectivity index (χ3v) is 3.97. The third-order valence-electron chi connectivity index (χ3n) is 3.97. The highest BCUT2D eigenvalue weighted by Crippen LogP contribution is 2.23. The number of para-hydroxylation sites is 1. The van der Waals surface area contributed by atoms with Gasteiger partial charge in [-0.15, -0.1) is 5.10 Å². The van der Waals surface area contributed by atoms with Crippen molar-refractivity contribution >= 4 is 17.6 Å². The van der Waals surface area contributed by atoms with E-state index in [1.807, 2.05) is 58.3 Å². The number of hydrogen-bond acceptors (Lipinski definition) is 6. The quantitative estimate of drug-likeness (QED) is 0.720. The minimum Gasteiger partial charge on any atom is -0.483 e. The first kappa shape index (κ1) is 18.4. The number of rotatable bonds is 6. The van der Waals surface area contributed by atoms with Gasteiger partial charge in [0.1, 0.15) is 5.75 Å². The Morgan fingerprint density at radius 2 is 1.74 bits per heavy atom. The van der Waals surface area contributed by atoms with E-state index >= 15 is 0 Å². The Morgan fingerprint density at radius 1 is 1.07 bits per heavy atom.